The summed E-state index contributed by atoms with van der Waals surface area (Å²) in [5.41, 5.74) is 0. The lowest BCUT2D eigenvalue weighted by Crippen LogP contribution is -2.49. The summed E-state index contributed by atoms with van der Waals surface area (Å²) in [5.74, 6) is 0.556. The Morgan fingerprint density at radius 2 is 2.12 bits per heavy atom. The molecule has 94 valence electrons. The lowest BCUT2D eigenvalue weighted by Gasteiger charge is -2.37. The molecule has 16 heavy (non-hydrogen) atoms. The molecule has 0 spiro atoms. The van der Waals surface area contributed by atoms with Crippen LogP contribution in [0.1, 0.15) is 39.0 Å². The van der Waals surface area contributed by atoms with E-state index in [1.54, 1.807) is 0 Å². The van der Waals surface area contributed by atoms with Crippen LogP contribution in [0.15, 0.2) is 0 Å². The number of nitrogens with zero attached hydrogens (tertiary/aromatic N) is 1. The van der Waals surface area contributed by atoms with E-state index in [1.807, 2.05) is 0 Å². The Balaban J connectivity index is 1.81. The van der Waals surface area contributed by atoms with E-state index in [4.69, 9.17) is 4.74 Å². The highest BCUT2D eigenvalue weighted by Gasteiger charge is 2.28. The number of morpholine rings is 1. The van der Waals surface area contributed by atoms with Crippen molar-refractivity contribution >= 4 is 0 Å². The first-order valence-corrected chi connectivity index (χ1v) is 6.81. The quantitative estimate of drug-likeness (QED) is 0.792. The third kappa shape index (κ3) is 2.96. The zero-order valence-electron chi connectivity index (χ0n) is 10.4. The molecule has 2 aliphatic rings. The van der Waals surface area contributed by atoms with Crippen LogP contribution in [0.5, 0.6) is 0 Å². The van der Waals surface area contributed by atoms with Crippen LogP contribution < -0.4 is 0 Å². The Kier molecular flexibility index (Phi) is 4.62. The summed E-state index contributed by atoms with van der Waals surface area (Å²) in [7, 11) is 0. The van der Waals surface area contributed by atoms with E-state index < -0.39 is 0 Å². The van der Waals surface area contributed by atoms with E-state index in [0.717, 1.165) is 32.7 Å². The Morgan fingerprint density at radius 1 is 1.38 bits per heavy atom. The molecule has 0 amide bonds. The molecule has 1 aliphatic heterocycles. The molecule has 2 rings (SSSR count). The van der Waals surface area contributed by atoms with Gasteiger partial charge >= 0.3 is 0 Å². The van der Waals surface area contributed by atoms with Gasteiger partial charge in [-0.2, -0.15) is 0 Å². The van der Waals surface area contributed by atoms with Gasteiger partial charge in [-0.3, -0.25) is 4.90 Å². The molecule has 3 nitrogen and oxygen atoms in total. The first-order chi connectivity index (χ1) is 7.81. The zero-order valence-corrected chi connectivity index (χ0v) is 10.4. The van der Waals surface area contributed by atoms with Crippen molar-refractivity contribution in [3.8, 4) is 0 Å². The van der Waals surface area contributed by atoms with Crippen molar-refractivity contribution in [3.05, 3.63) is 0 Å². The number of aliphatic hydroxyl groups excluding tert-OH is 1. The third-order valence-corrected chi connectivity index (χ3v) is 4.19. The predicted molar refractivity (Wildman–Crippen MR) is 64.4 cm³/mol. The molecule has 1 saturated carbocycles. The molecule has 1 N–H and O–H groups in total. The second-order valence-electron chi connectivity index (χ2n) is 5.24. The van der Waals surface area contributed by atoms with E-state index in [1.165, 1.54) is 25.7 Å². The smallest absolute Gasteiger partial charge is 0.0695 e. The second-order valence-corrected chi connectivity index (χ2v) is 5.24. The van der Waals surface area contributed by atoms with Gasteiger partial charge in [-0.05, 0) is 25.2 Å². The average molecular weight is 227 g/mol. The number of hydrogen-bond donors (Lipinski definition) is 1. The summed E-state index contributed by atoms with van der Waals surface area (Å²) in [6.07, 6.45) is 6.07. The van der Waals surface area contributed by atoms with Gasteiger partial charge in [0, 0.05) is 19.1 Å². The number of ether oxygens (including phenoxy) is 1. The third-order valence-electron chi connectivity index (χ3n) is 4.19. The van der Waals surface area contributed by atoms with Crippen LogP contribution in [0, 0.1) is 5.92 Å². The fourth-order valence-corrected chi connectivity index (χ4v) is 3.04. The fourth-order valence-electron chi connectivity index (χ4n) is 3.04. The highest BCUT2D eigenvalue weighted by Crippen LogP contribution is 2.28. The minimum atomic E-state index is -0.116. The predicted octanol–water partition coefficient (Wildman–Crippen LogP) is 1.65. The van der Waals surface area contributed by atoms with Crippen molar-refractivity contribution in [2.24, 2.45) is 5.92 Å². The van der Waals surface area contributed by atoms with Crippen molar-refractivity contribution in [3.63, 3.8) is 0 Å². The standard InChI is InChI=1S/C13H25NO2/c1-2-12-10-16-8-7-14(12)9-13(15)11-5-3-4-6-11/h11-13,15H,2-10H2,1H3. The van der Waals surface area contributed by atoms with Gasteiger partial charge in [-0.15, -0.1) is 0 Å². The molecule has 2 atom stereocenters. The summed E-state index contributed by atoms with van der Waals surface area (Å²) in [6, 6.07) is 0.518. The number of hydrogen-bond acceptors (Lipinski definition) is 3. The second kappa shape index (κ2) is 5.99. The molecule has 0 bridgehead atoms. The Hall–Kier alpha value is -0.120. The van der Waals surface area contributed by atoms with Crippen LogP contribution in [0.3, 0.4) is 0 Å². The summed E-state index contributed by atoms with van der Waals surface area (Å²) >= 11 is 0. The minimum absolute atomic E-state index is 0.116. The van der Waals surface area contributed by atoms with Crippen molar-refractivity contribution < 1.29 is 9.84 Å². The first kappa shape index (κ1) is 12.3. The maximum absolute atomic E-state index is 10.2. The van der Waals surface area contributed by atoms with Crippen molar-refractivity contribution in [1.82, 2.24) is 4.90 Å². The van der Waals surface area contributed by atoms with Crippen molar-refractivity contribution in [2.45, 2.75) is 51.2 Å². The SMILES string of the molecule is CCC1COCCN1CC(O)C1CCCC1. The van der Waals surface area contributed by atoms with E-state index in [9.17, 15) is 5.11 Å². The van der Waals surface area contributed by atoms with Crippen LogP contribution in [0.25, 0.3) is 0 Å². The Morgan fingerprint density at radius 3 is 2.81 bits per heavy atom. The van der Waals surface area contributed by atoms with Crippen LogP contribution in [0.4, 0.5) is 0 Å². The normalized spacial score (nSPS) is 30.8. The largest absolute Gasteiger partial charge is 0.392 e. The van der Waals surface area contributed by atoms with Gasteiger partial charge in [0.05, 0.1) is 19.3 Å². The topological polar surface area (TPSA) is 32.7 Å². The van der Waals surface area contributed by atoms with E-state index >= 15 is 0 Å². The molecule has 0 aromatic carbocycles. The molecule has 1 saturated heterocycles. The number of β-amino-alcohol motifs (C(OH)–C–C–N with tert-alkyl or cyclic N) is 1. The molecular weight excluding hydrogens is 202 g/mol. The Labute approximate surface area is 98.8 Å². The van der Waals surface area contributed by atoms with Crippen LogP contribution in [-0.4, -0.2) is 48.5 Å². The highest BCUT2D eigenvalue weighted by atomic mass is 16.5. The number of rotatable bonds is 4. The summed E-state index contributed by atoms with van der Waals surface area (Å²) in [4.78, 5) is 2.42. The van der Waals surface area contributed by atoms with Crippen molar-refractivity contribution in [2.75, 3.05) is 26.3 Å². The van der Waals surface area contributed by atoms with Gasteiger partial charge in [0.25, 0.3) is 0 Å². The summed E-state index contributed by atoms with van der Waals surface area (Å²) < 4.78 is 5.49. The number of aliphatic hydroxyl groups is 1. The molecule has 0 aromatic rings. The minimum Gasteiger partial charge on any atom is -0.392 e. The maximum atomic E-state index is 10.2. The summed E-state index contributed by atoms with van der Waals surface area (Å²) in [6.45, 7) is 5.71. The lowest BCUT2D eigenvalue weighted by atomic mass is 9.99. The van der Waals surface area contributed by atoms with Gasteiger partial charge in [0.15, 0.2) is 0 Å². The van der Waals surface area contributed by atoms with Crippen LogP contribution in [-0.2, 0) is 4.74 Å². The van der Waals surface area contributed by atoms with E-state index in [2.05, 4.69) is 11.8 Å². The molecule has 0 aromatic heterocycles. The van der Waals surface area contributed by atoms with Crippen LogP contribution >= 0.6 is 0 Å². The molecule has 0 radical (unpaired) electrons. The molecule has 1 aliphatic carbocycles. The highest BCUT2D eigenvalue weighted by molar-refractivity contribution is 4.81. The van der Waals surface area contributed by atoms with Crippen molar-refractivity contribution in [1.29, 1.82) is 0 Å². The molecule has 1 heterocycles. The van der Waals surface area contributed by atoms with Gasteiger partial charge in [0.1, 0.15) is 0 Å². The molecular formula is C13H25NO2. The van der Waals surface area contributed by atoms with Crippen LogP contribution in [0.2, 0.25) is 0 Å². The molecule has 2 fully saturated rings. The van der Waals surface area contributed by atoms with E-state index in [0.29, 0.717) is 12.0 Å². The first-order valence-electron chi connectivity index (χ1n) is 6.81. The average Bonchev–Trinajstić information content (AvgIpc) is 2.83. The fraction of sp³-hybridized carbons (Fsp3) is 1.00. The van der Waals surface area contributed by atoms with Gasteiger partial charge in [-0.25, -0.2) is 0 Å². The van der Waals surface area contributed by atoms with Gasteiger partial charge in [0.2, 0.25) is 0 Å². The molecule has 2 unspecified atom stereocenters. The summed E-state index contributed by atoms with van der Waals surface area (Å²) in [5, 5.41) is 10.2. The van der Waals surface area contributed by atoms with E-state index in [-0.39, 0.29) is 6.10 Å². The molecule has 3 heteroatoms. The monoisotopic (exact) mass is 227 g/mol. The van der Waals surface area contributed by atoms with Gasteiger partial charge < -0.3 is 9.84 Å². The zero-order chi connectivity index (χ0) is 11.4. The Bertz CT molecular complexity index is 204. The van der Waals surface area contributed by atoms with Gasteiger partial charge in [-0.1, -0.05) is 19.8 Å². The lowest BCUT2D eigenvalue weighted by molar-refractivity contribution is -0.0361. The maximum Gasteiger partial charge on any atom is 0.0695 e.